The van der Waals surface area contributed by atoms with Crippen LogP contribution in [0.15, 0.2) is 47.1 Å². The molecule has 2 aliphatic carbocycles. The van der Waals surface area contributed by atoms with Gasteiger partial charge in [0.25, 0.3) is 0 Å². The molecule has 0 nitrogen and oxygen atoms in total. The number of hydrogen-bond acceptors (Lipinski definition) is 0. The molecule has 0 fully saturated rings. The Bertz CT molecular complexity index is 324. The molecule has 2 rings (SSSR count). The van der Waals surface area contributed by atoms with E-state index in [1.54, 1.807) is 0 Å². The van der Waals surface area contributed by atoms with Gasteiger partial charge in [-0.05, 0) is 36.8 Å². The summed E-state index contributed by atoms with van der Waals surface area (Å²) in [4.78, 5) is 0. The van der Waals surface area contributed by atoms with Crippen molar-refractivity contribution in [3.63, 3.8) is 0 Å². The van der Waals surface area contributed by atoms with E-state index in [-0.39, 0.29) is 0 Å². The van der Waals surface area contributed by atoms with Gasteiger partial charge in [0.15, 0.2) is 0 Å². The van der Waals surface area contributed by atoms with Gasteiger partial charge in [-0.25, -0.2) is 0 Å². The van der Waals surface area contributed by atoms with Crippen LogP contribution in [0.3, 0.4) is 0 Å². The van der Waals surface area contributed by atoms with Gasteiger partial charge in [0.05, 0.1) is 0 Å². The lowest BCUT2D eigenvalue weighted by Gasteiger charge is -2.11. The molecule has 0 saturated carbocycles. The largest absolute Gasteiger partial charge is 0.0773 e. The second-order valence-corrected chi connectivity index (χ2v) is 4.05. The van der Waals surface area contributed by atoms with E-state index in [0.29, 0.717) is 5.92 Å². The van der Waals surface area contributed by atoms with Crippen molar-refractivity contribution in [2.45, 2.75) is 40.5 Å². The van der Waals surface area contributed by atoms with Crippen LogP contribution >= 0.6 is 0 Å². The summed E-state index contributed by atoms with van der Waals surface area (Å²) >= 11 is 0. The molecule has 0 bridgehead atoms. The van der Waals surface area contributed by atoms with Crippen molar-refractivity contribution in [3.05, 3.63) is 47.1 Å². The summed E-state index contributed by atoms with van der Waals surface area (Å²) in [6.07, 6.45) is 13.8. The third kappa shape index (κ3) is 3.23. The van der Waals surface area contributed by atoms with E-state index in [4.69, 9.17) is 0 Å². The van der Waals surface area contributed by atoms with Crippen LogP contribution in [0.2, 0.25) is 0 Å². The Morgan fingerprint density at radius 3 is 2.33 bits per heavy atom. The summed E-state index contributed by atoms with van der Waals surface area (Å²) in [7, 11) is 0. The Hall–Kier alpha value is -1.04. The Morgan fingerprint density at radius 2 is 1.87 bits per heavy atom. The van der Waals surface area contributed by atoms with Crippen LogP contribution in [-0.2, 0) is 0 Å². The molecule has 0 N–H and O–H groups in total. The minimum absolute atomic E-state index is 0.628. The molecule has 1 unspecified atom stereocenters. The van der Waals surface area contributed by atoms with Gasteiger partial charge in [-0.15, -0.1) is 0 Å². The van der Waals surface area contributed by atoms with E-state index in [1.807, 2.05) is 13.8 Å². The fourth-order valence-electron chi connectivity index (χ4n) is 1.85. The number of hydrogen-bond donors (Lipinski definition) is 0. The third-order valence-electron chi connectivity index (χ3n) is 2.75. The lowest BCUT2D eigenvalue weighted by atomic mass is 9.94. The van der Waals surface area contributed by atoms with Gasteiger partial charge < -0.3 is 0 Å². The Morgan fingerprint density at radius 1 is 1.13 bits per heavy atom. The standard InChI is InChI=1S/C13H16.C2H6/c1-10-3-6-12(7-4-10)13-8-5-11(2)9-13;1-2/h3,5-6,8-9,11H,4,7H2,1-2H3;1-2H3. The first-order chi connectivity index (χ1) is 7.25. The average Bonchev–Trinajstić information content (AvgIpc) is 2.69. The highest BCUT2D eigenvalue weighted by Gasteiger charge is 2.10. The molecular weight excluding hydrogens is 180 g/mol. The molecule has 0 radical (unpaired) electrons. The summed E-state index contributed by atoms with van der Waals surface area (Å²) in [6.45, 7) is 8.43. The van der Waals surface area contributed by atoms with Gasteiger partial charge in [0, 0.05) is 0 Å². The van der Waals surface area contributed by atoms with Gasteiger partial charge in [-0.2, -0.15) is 0 Å². The molecule has 1 atom stereocenters. The monoisotopic (exact) mass is 202 g/mol. The molecule has 82 valence electrons. The van der Waals surface area contributed by atoms with Crippen LogP contribution in [0, 0.1) is 5.92 Å². The second-order valence-electron chi connectivity index (χ2n) is 4.05. The maximum Gasteiger partial charge on any atom is -0.00695 e. The molecule has 0 aromatic heterocycles. The Balaban J connectivity index is 0.000000531. The van der Waals surface area contributed by atoms with Crippen molar-refractivity contribution >= 4 is 0 Å². The maximum absolute atomic E-state index is 2.35. The molecule has 15 heavy (non-hydrogen) atoms. The van der Waals surface area contributed by atoms with Crippen molar-refractivity contribution in [2.24, 2.45) is 5.92 Å². The van der Waals surface area contributed by atoms with Crippen LogP contribution in [0.4, 0.5) is 0 Å². The summed E-state index contributed by atoms with van der Waals surface area (Å²) in [5, 5.41) is 0. The predicted molar refractivity (Wildman–Crippen MR) is 68.8 cm³/mol. The molecule has 0 heteroatoms. The van der Waals surface area contributed by atoms with Crippen molar-refractivity contribution in [2.75, 3.05) is 0 Å². The first-order valence-corrected chi connectivity index (χ1v) is 6.02. The Kier molecular flexibility index (Phi) is 4.61. The number of allylic oxidation sites excluding steroid dienone is 8. The van der Waals surface area contributed by atoms with Crippen LogP contribution in [0.25, 0.3) is 0 Å². The van der Waals surface area contributed by atoms with E-state index in [2.05, 4.69) is 44.2 Å². The van der Waals surface area contributed by atoms with Crippen LogP contribution in [0.5, 0.6) is 0 Å². The van der Waals surface area contributed by atoms with Gasteiger partial charge in [0.1, 0.15) is 0 Å². The molecule has 0 amide bonds. The van der Waals surface area contributed by atoms with Crippen molar-refractivity contribution < 1.29 is 0 Å². The van der Waals surface area contributed by atoms with Gasteiger partial charge in [0.2, 0.25) is 0 Å². The van der Waals surface area contributed by atoms with Gasteiger partial charge in [-0.3, -0.25) is 0 Å². The fraction of sp³-hybridized carbons (Fsp3) is 0.467. The first kappa shape index (κ1) is 12.0. The predicted octanol–water partition coefficient (Wildman–Crippen LogP) is 4.81. The van der Waals surface area contributed by atoms with E-state index in [0.717, 1.165) is 0 Å². The second kappa shape index (κ2) is 5.75. The topological polar surface area (TPSA) is 0 Å². The molecule has 0 heterocycles. The SMILES string of the molecule is CC.CC1=CC=C(C2=CC(C)C=C2)CC1. The van der Waals surface area contributed by atoms with E-state index < -0.39 is 0 Å². The van der Waals surface area contributed by atoms with E-state index >= 15 is 0 Å². The number of rotatable bonds is 1. The van der Waals surface area contributed by atoms with Crippen molar-refractivity contribution in [1.82, 2.24) is 0 Å². The van der Waals surface area contributed by atoms with Crippen molar-refractivity contribution in [1.29, 1.82) is 0 Å². The summed E-state index contributed by atoms with van der Waals surface area (Å²) in [5.74, 6) is 0.628. The summed E-state index contributed by atoms with van der Waals surface area (Å²) in [6, 6.07) is 0. The van der Waals surface area contributed by atoms with Gasteiger partial charge in [-0.1, -0.05) is 56.7 Å². The first-order valence-electron chi connectivity index (χ1n) is 6.02. The fourth-order valence-corrected chi connectivity index (χ4v) is 1.85. The van der Waals surface area contributed by atoms with E-state index in [1.165, 1.54) is 29.6 Å². The minimum Gasteiger partial charge on any atom is -0.0773 e. The molecule has 0 saturated heterocycles. The summed E-state index contributed by atoms with van der Waals surface area (Å²) < 4.78 is 0. The normalized spacial score (nSPS) is 23.7. The molecule has 0 aromatic carbocycles. The van der Waals surface area contributed by atoms with Gasteiger partial charge >= 0.3 is 0 Å². The van der Waals surface area contributed by atoms with Crippen LogP contribution in [0.1, 0.15) is 40.5 Å². The lowest BCUT2D eigenvalue weighted by Crippen LogP contribution is -1.92. The molecule has 0 aromatic rings. The van der Waals surface area contributed by atoms with Crippen LogP contribution in [-0.4, -0.2) is 0 Å². The average molecular weight is 202 g/mol. The smallest absolute Gasteiger partial charge is 0.00695 e. The Labute approximate surface area is 94.1 Å². The highest BCUT2D eigenvalue weighted by molar-refractivity contribution is 5.47. The minimum atomic E-state index is 0.628. The zero-order chi connectivity index (χ0) is 11.3. The quantitative estimate of drug-likeness (QED) is 0.572. The lowest BCUT2D eigenvalue weighted by molar-refractivity contribution is 0.911. The molecule has 0 spiro atoms. The molecule has 2 aliphatic rings. The van der Waals surface area contributed by atoms with E-state index in [9.17, 15) is 0 Å². The molecular formula is C15H22. The summed E-state index contributed by atoms with van der Waals surface area (Å²) in [5.41, 5.74) is 4.45. The highest BCUT2D eigenvalue weighted by atomic mass is 14.2. The van der Waals surface area contributed by atoms with Crippen molar-refractivity contribution in [3.8, 4) is 0 Å². The maximum atomic E-state index is 2.35. The highest BCUT2D eigenvalue weighted by Crippen LogP contribution is 2.28. The zero-order valence-electron chi connectivity index (χ0n) is 10.4. The molecule has 0 aliphatic heterocycles. The third-order valence-corrected chi connectivity index (χ3v) is 2.75. The van der Waals surface area contributed by atoms with Crippen LogP contribution < -0.4 is 0 Å². The zero-order valence-corrected chi connectivity index (χ0v) is 10.4.